The number of ether oxygens (including phenoxy) is 1. The van der Waals surface area contributed by atoms with E-state index in [1.807, 2.05) is 31.2 Å². The van der Waals surface area contributed by atoms with Crippen LogP contribution in [-0.2, 0) is 0 Å². The maximum Gasteiger partial charge on any atom is 0.119 e. The lowest BCUT2D eigenvalue weighted by atomic mass is 10.1. The molecular weight excluding hydrogens is 190 g/mol. The van der Waals surface area contributed by atoms with E-state index in [1.165, 1.54) is 5.56 Å². The van der Waals surface area contributed by atoms with Crippen molar-refractivity contribution in [3.63, 3.8) is 0 Å². The fourth-order valence-corrected chi connectivity index (χ4v) is 1.78. The smallest absolute Gasteiger partial charge is 0.119 e. The Bertz CT molecular complexity index is 332. The average Bonchev–Trinajstić information content (AvgIpc) is 2.63. The summed E-state index contributed by atoms with van der Waals surface area (Å²) in [6.45, 7) is 3.88. The quantitative estimate of drug-likeness (QED) is 0.780. The highest BCUT2D eigenvalue weighted by atomic mass is 16.5. The summed E-state index contributed by atoms with van der Waals surface area (Å²) < 4.78 is 5.58. The molecule has 1 aliphatic heterocycles. The van der Waals surface area contributed by atoms with Crippen LogP contribution in [0.15, 0.2) is 24.3 Å². The van der Waals surface area contributed by atoms with Gasteiger partial charge in [0.2, 0.25) is 0 Å². The monoisotopic (exact) mass is 207 g/mol. The molecule has 3 heteroatoms. The second-order valence-corrected chi connectivity index (χ2v) is 4.26. The summed E-state index contributed by atoms with van der Waals surface area (Å²) in [6.07, 6.45) is 0.763. The lowest BCUT2D eigenvalue weighted by Crippen LogP contribution is -2.38. The number of benzene rings is 1. The molecule has 0 unspecified atom stereocenters. The maximum absolute atomic E-state index is 10.0. The minimum atomic E-state index is -0.691. The van der Waals surface area contributed by atoms with E-state index < -0.39 is 5.60 Å². The molecule has 0 radical (unpaired) electrons. The van der Waals surface area contributed by atoms with Gasteiger partial charge in [-0.1, -0.05) is 12.1 Å². The fourth-order valence-electron chi connectivity index (χ4n) is 1.78. The maximum atomic E-state index is 10.0. The van der Waals surface area contributed by atoms with E-state index in [2.05, 4.69) is 5.32 Å². The zero-order valence-corrected chi connectivity index (χ0v) is 8.99. The van der Waals surface area contributed by atoms with Crippen molar-refractivity contribution in [1.82, 2.24) is 5.32 Å². The molecule has 0 amide bonds. The van der Waals surface area contributed by atoms with Gasteiger partial charge >= 0.3 is 0 Å². The molecule has 1 aliphatic rings. The summed E-state index contributed by atoms with van der Waals surface area (Å²) in [7, 11) is 0. The first kappa shape index (κ1) is 10.5. The Hall–Kier alpha value is -1.06. The van der Waals surface area contributed by atoms with Crippen molar-refractivity contribution in [3.05, 3.63) is 29.8 Å². The molecule has 1 fully saturated rings. The van der Waals surface area contributed by atoms with Gasteiger partial charge in [0, 0.05) is 6.54 Å². The second kappa shape index (κ2) is 4.21. The molecule has 0 aliphatic carbocycles. The topological polar surface area (TPSA) is 41.5 Å². The van der Waals surface area contributed by atoms with Gasteiger partial charge in [0.1, 0.15) is 18.0 Å². The van der Waals surface area contributed by atoms with Crippen LogP contribution in [0.25, 0.3) is 0 Å². The Morgan fingerprint density at radius 2 is 2.40 bits per heavy atom. The van der Waals surface area contributed by atoms with Gasteiger partial charge in [0.15, 0.2) is 0 Å². The molecule has 15 heavy (non-hydrogen) atoms. The molecule has 0 aromatic heterocycles. The number of hydrogen-bond acceptors (Lipinski definition) is 3. The molecule has 2 rings (SSSR count). The summed E-state index contributed by atoms with van der Waals surface area (Å²) >= 11 is 0. The van der Waals surface area contributed by atoms with Gasteiger partial charge in [-0.2, -0.15) is 0 Å². The first-order valence-electron chi connectivity index (χ1n) is 5.31. The highest BCUT2D eigenvalue weighted by Crippen LogP contribution is 2.18. The van der Waals surface area contributed by atoms with E-state index in [1.54, 1.807) is 0 Å². The Labute approximate surface area is 90.1 Å². The molecule has 0 bridgehead atoms. The van der Waals surface area contributed by atoms with Crippen molar-refractivity contribution >= 4 is 0 Å². The van der Waals surface area contributed by atoms with E-state index in [0.717, 1.165) is 18.7 Å². The van der Waals surface area contributed by atoms with Crippen molar-refractivity contribution in [2.45, 2.75) is 18.9 Å². The minimum Gasteiger partial charge on any atom is -0.491 e. The van der Waals surface area contributed by atoms with Crippen molar-refractivity contribution in [2.24, 2.45) is 0 Å². The Morgan fingerprint density at radius 3 is 3.07 bits per heavy atom. The van der Waals surface area contributed by atoms with Crippen molar-refractivity contribution in [2.75, 3.05) is 19.7 Å². The number of aryl methyl sites for hydroxylation is 1. The summed E-state index contributed by atoms with van der Waals surface area (Å²) in [4.78, 5) is 0. The van der Waals surface area contributed by atoms with Gasteiger partial charge in [0.05, 0.1) is 0 Å². The number of hydrogen-bond donors (Lipinski definition) is 2. The lowest BCUT2D eigenvalue weighted by Gasteiger charge is -2.21. The molecule has 1 aromatic carbocycles. The first-order chi connectivity index (χ1) is 7.18. The minimum absolute atomic E-state index is 0.365. The average molecular weight is 207 g/mol. The van der Waals surface area contributed by atoms with Gasteiger partial charge in [-0.05, 0) is 37.6 Å². The molecule has 3 nitrogen and oxygen atoms in total. The largest absolute Gasteiger partial charge is 0.491 e. The number of nitrogens with one attached hydrogen (secondary N) is 1. The predicted molar refractivity (Wildman–Crippen MR) is 59.1 cm³/mol. The number of β-amino-alcohol motifs (C(OH)–C–C–N with tert-alkyl or cyclic N) is 1. The van der Waals surface area contributed by atoms with Crippen LogP contribution in [0.2, 0.25) is 0 Å². The van der Waals surface area contributed by atoms with Crippen LogP contribution in [0.4, 0.5) is 0 Å². The van der Waals surface area contributed by atoms with Gasteiger partial charge in [-0.15, -0.1) is 0 Å². The fraction of sp³-hybridized carbons (Fsp3) is 0.500. The summed E-state index contributed by atoms with van der Waals surface area (Å²) in [5, 5.41) is 13.2. The van der Waals surface area contributed by atoms with E-state index >= 15 is 0 Å². The van der Waals surface area contributed by atoms with Crippen molar-refractivity contribution in [3.8, 4) is 5.75 Å². The second-order valence-electron chi connectivity index (χ2n) is 4.26. The van der Waals surface area contributed by atoms with Crippen LogP contribution in [0.3, 0.4) is 0 Å². The molecule has 1 saturated heterocycles. The van der Waals surface area contributed by atoms with Crippen molar-refractivity contribution < 1.29 is 9.84 Å². The summed E-state index contributed by atoms with van der Waals surface area (Å²) in [6, 6.07) is 7.88. The molecule has 1 aromatic rings. The molecule has 82 valence electrons. The van der Waals surface area contributed by atoms with Crippen LogP contribution in [0, 0.1) is 6.92 Å². The Kier molecular flexibility index (Phi) is 2.93. The van der Waals surface area contributed by atoms with Crippen LogP contribution in [0.1, 0.15) is 12.0 Å². The van der Waals surface area contributed by atoms with Crippen LogP contribution in [-0.4, -0.2) is 30.4 Å². The third-order valence-electron chi connectivity index (χ3n) is 2.72. The third-order valence-corrected chi connectivity index (χ3v) is 2.72. The third kappa shape index (κ3) is 2.70. The van der Waals surface area contributed by atoms with Crippen molar-refractivity contribution in [1.29, 1.82) is 0 Å². The van der Waals surface area contributed by atoms with Crippen LogP contribution in [0.5, 0.6) is 5.75 Å². The van der Waals surface area contributed by atoms with Gasteiger partial charge in [-0.25, -0.2) is 0 Å². The highest BCUT2D eigenvalue weighted by molar-refractivity contribution is 5.27. The number of rotatable bonds is 3. The highest BCUT2D eigenvalue weighted by Gasteiger charge is 2.31. The summed E-state index contributed by atoms with van der Waals surface area (Å²) in [5.41, 5.74) is 0.480. The predicted octanol–water partition coefficient (Wildman–Crippen LogP) is 1.10. The van der Waals surface area contributed by atoms with E-state index in [0.29, 0.717) is 13.2 Å². The first-order valence-corrected chi connectivity index (χ1v) is 5.31. The molecule has 0 saturated carbocycles. The molecule has 1 heterocycles. The Balaban J connectivity index is 1.92. The number of aliphatic hydroxyl groups is 1. The zero-order valence-electron chi connectivity index (χ0n) is 8.99. The molecule has 2 N–H and O–H groups in total. The molecule has 0 spiro atoms. The van der Waals surface area contributed by atoms with Gasteiger partial charge in [0.25, 0.3) is 0 Å². The Morgan fingerprint density at radius 1 is 1.53 bits per heavy atom. The summed E-state index contributed by atoms with van der Waals surface area (Å²) in [5.74, 6) is 0.829. The van der Waals surface area contributed by atoms with E-state index in [-0.39, 0.29) is 0 Å². The van der Waals surface area contributed by atoms with E-state index in [4.69, 9.17) is 4.74 Å². The standard InChI is InChI=1S/C12H17NO2/c1-10-3-2-4-11(7-10)15-9-12(14)5-6-13-8-12/h2-4,7,13-14H,5-6,8-9H2,1H3/t12-/m1/s1. The molecular formula is C12H17NO2. The van der Waals surface area contributed by atoms with Gasteiger partial charge < -0.3 is 15.2 Å². The zero-order chi connectivity index (χ0) is 10.7. The van der Waals surface area contributed by atoms with Crippen LogP contribution < -0.4 is 10.1 Å². The van der Waals surface area contributed by atoms with Gasteiger partial charge in [-0.3, -0.25) is 0 Å². The van der Waals surface area contributed by atoms with Crippen LogP contribution >= 0.6 is 0 Å². The van der Waals surface area contributed by atoms with E-state index in [9.17, 15) is 5.11 Å². The lowest BCUT2D eigenvalue weighted by molar-refractivity contribution is 0.0130. The molecule has 1 atom stereocenters. The normalized spacial score (nSPS) is 25.5. The SMILES string of the molecule is Cc1cccc(OC[C@@]2(O)CCNC2)c1.